The number of methoxy groups -OCH3 is 2. The molecule has 29 heavy (non-hydrogen) atoms. The fraction of sp³-hybridized carbons (Fsp3) is 0.318. The molecule has 1 amide bonds. The summed E-state index contributed by atoms with van der Waals surface area (Å²) in [6.07, 6.45) is 1.55. The molecule has 3 aromatic rings. The highest BCUT2D eigenvalue weighted by atomic mass is 16.5. The van der Waals surface area contributed by atoms with Crippen molar-refractivity contribution in [3.05, 3.63) is 64.1 Å². The second-order valence-electron chi connectivity index (χ2n) is 6.74. The predicted molar refractivity (Wildman–Crippen MR) is 112 cm³/mol. The molecule has 1 N–H and O–H groups in total. The Morgan fingerprint density at radius 1 is 1.07 bits per heavy atom. The van der Waals surface area contributed by atoms with Crippen molar-refractivity contribution < 1.29 is 14.3 Å². The smallest absolute Gasteiger partial charge is 0.275 e. The first-order valence-corrected chi connectivity index (χ1v) is 9.47. The SMILES string of the molecule is COc1ccc(CCCNC(=O)Cn2nc(C)c3ccccc3c2=O)cc1OC. The second kappa shape index (κ2) is 9.23. The first-order valence-electron chi connectivity index (χ1n) is 9.47. The Morgan fingerprint density at radius 2 is 1.79 bits per heavy atom. The summed E-state index contributed by atoms with van der Waals surface area (Å²) < 4.78 is 11.8. The minimum absolute atomic E-state index is 0.0964. The Labute approximate surface area is 169 Å². The number of amides is 1. The van der Waals surface area contributed by atoms with Gasteiger partial charge < -0.3 is 14.8 Å². The summed E-state index contributed by atoms with van der Waals surface area (Å²) in [6.45, 7) is 2.24. The summed E-state index contributed by atoms with van der Waals surface area (Å²) >= 11 is 0. The minimum atomic E-state index is -0.258. The molecular weight excluding hydrogens is 370 g/mol. The van der Waals surface area contributed by atoms with Crippen LogP contribution in [0.15, 0.2) is 47.3 Å². The lowest BCUT2D eigenvalue weighted by molar-refractivity contribution is -0.121. The fourth-order valence-corrected chi connectivity index (χ4v) is 3.26. The van der Waals surface area contributed by atoms with E-state index in [0.29, 0.717) is 23.4 Å². The van der Waals surface area contributed by atoms with Crippen molar-refractivity contribution in [1.29, 1.82) is 0 Å². The third kappa shape index (κ3) is 4.74. The van der Waals surface area contributed by atoms with Crippen LogP contribution in [0, 0.1) is 6.92 Å². The summed E-state index contributed by atoms with van der Waals surface area (Å²) in [4.78, 5) is 24.8. The molecule has 3 rings (SSSR count). The van der Waals surface area contributed by atoms with E-state index in [9.17, 15) is 9.59 Å². The van der Waals surface area contributed by atoms with Crippen LogP contribution < -0.4 is 20.3 Å². The molecule has 0 spiro atoms. The number of aryl methyl sites for hydroxylation is 2. The number of hydrogen-bond donors (Lipinski definition) is 1. The summed E-state index contributed by atoms with van der Waals surface area (Å²) in [5.74, 6) is 1.14. The molecule has 7 heteroatoms. The zero-order chi connectivity index (χ0) is 20.8. The quantitative estimate of drug-likeness (QED) is 0.593. The average molecular weight is 395 g/mol. The number of carbonyl (C=O) groups excluding carboxylic acids is 1. The zero-order valence-corrected chi connectivity index (χ0v) is 16.9. The van der Waals surface area contributed by atoms with Crippen molar-refractivity contribution in [3.8, 4) is 11.5 Å². The lowest BCUT2D eigenvalue weighted by Crippen LogP contribution is -2.34. The van der Waals surface area contributed by atoms with Crippen LogP contribution >= 0.6 is 0 Å². The van der Waals surface area contributed by atoms with E-state index >= 15 is 0 Å². The largest absolute Gasteiger partial charge is 0.493 e. The van der Waals surface area contributed by atoms with Crippen molar-refractivity contribution >= 4 is 16.7 Å². The van der Waals surface area contributed by atoms with Crippen molar-refractivity contribution in [2.45, 2.75) is 26.3 Å². The third-order valence-corrected chi connectivity index (χ3v) is 4.76. The summed E-state index contributed by atoms with van der Waals surface area (Å²) in [7, 11) is 3.20. The predicted octanol–water partition coefficient (Wildman–Crippen LogP) is 2.47. The summed E-state index contributed by atoms with van der Waals surface area (Å²) in [5, 5.41) is 8.50. The molecule has 0 aliphatic rings. The standard InChI is InChI=1S/C22H25N3O4/c1-15-17-8-4-5-9-18(17)22(27)25(24-15)14-21(26)23-12-6-7-16-10-11-19(28-2)20(13-16)29-3/h4-5,8-11,13H,6-7,12,14H2,1-3H3,(H,23,26). The molecule has 0 fully saturated rings. The van der Waals surface area contributed by atoms with E-state index in [1.807, 2.05) is 43.3 Å². The summed E-state index contributed by atoms with van der Waals surface area (Å²) in [5.41, 5.74) is 1.56. The maximum absolute atomic E-state index is 12.5. The Kier molecular flexibility index (Phi) is 6.49. The molecule has 1 heterocycles. The number of hydrogen-bond acceptors (Lipinski definition) is 5. The van der Waals surface area contributed by atoms with Crippen LogP contribution in [0.25, 0.3) is 10.8 Å². The molecule has 0 saturated heterocycles. The lowest BCUT2D eigenvalue weighted by Gasteiger charge is -2.11. The van der Waals surface area contributed by atoms with Crippen LogP contribution in [-0.2, 0) is 17.8 Å². The van der Waals surface area contributed by atoms with Gasteiger partial charge in [-0.05, 0) is 43.5 Å². The van der Waals surface area contributed by atoms with Crippen molar-refractivity contribution in [2.24, 2.45) is 0 Å². The highest BCUT2D eigenvalue weighted by Crippen LogP contribution is 2.27. The topological polar surface area (TPSA) is 82.5 Å². The van der Waals surface area contributed by atoms with Gasteiger partial charge in [-0.25, -0.2) is 4.68 Å². The number of nitrogens with one attached hydrogen (secondary N) is 1. The highest BCUT2D eigenvalue weighted by Gasteiger charge is 2.10. The van der Waals surface area contributed by atoms with Crippen LogP contribution in [0.2, 0.25) is 0 Å². The minimum Gasteiger partial charge on any atom is -0.493 e. The summed E-state index contributed by atoms with van der Waals surface area (Å²) in [6, 6.07) is 13.1. The van der Waals surface area contributed by atoms with E-state index in [4.69, 9.17) is 9.47 Å². The van der Waals surface area contributed by atoms with E-state index in [2.05, 4.69) is 10.4 Å². The van der Waals surface area contributed by atoms with Gasteiger partial charge in [0.1, 0.15) is 6.54 Å². The Bertz CT molecular complexity index is 1080. The van der Waals surface area contributed by atoms with Gasteiger partial charge in [-0.2, -0.15) is 5.10 Å². The molecule has 0 aliphatic carbocycles. The molecule has 0 bridgehead atoms. The van der Waals surface area contributed by atoms with E-state index < -0.39 is 0 Å². The van der Waals surface area contributed by atoms with Gasteiger partial charge >= 0.3 is 0 Å². The molecule has 2 aromatic carbocycles. The first kappa shape index (κ1) is 20.4. The van der Waals surface area contributed by atoms with E-state index in [1.165, 1.54) is 4.68 Å². The van der Waals surface area contributed by atoms with Crippen LogP contribution in [0.1, 0.15) is 17.7 Å². The van der Waals surface area contributed by atoms with Gasteiger partial charge in [0, 0.05) is 11.9 Å². The average Bonchev–Trinajstić information content (AvgIpc) is 2.74. The molecule has 0 saturated carbocycles. The van der Waals surface area contributed by atoms with Gasteiger partial charge in [0.25, 0.3) is 5.56 Å². The van der Waals surface area contributed by atoms with E-state index in [0.717, 1.165) is 29.5 Å². The van der Waals surface area contributed by atoms with Gasteiger partial charge in [0.05, 0.1) is 25.3 Å². The fourth-order valence-electron chi connectivity index (χ4n) is 3.26. The number of benzene rings is 2. The lowest BCUT2D eigenvalue weighted by atomic mass is 10.1. The molecule has 1 aromatic heterocycles. The number of nitrogens with zero attached hydrogens (tertiary/aromatic N) is 2. The van der Waals surface area contributed by atoms with E-state index in [1.54, 1.807) is 20.3 Å². The number of ether oxygens (including phenoxy) is 2. The van der Waals surface area contributed by atoms with Crippen molar-refractivity contribution in [2.75, 3.05) is 20.8 Å². The number of rotatable bonds is 8. The molecule has 0 aliphatic heterocycles. The van der Waals surface area contributed by atoms with Crippen LogP contribution in [0.3, 0.4) is 0 Å². The van der Waals surface area contributed by atoms with Crippen molar-refractivity contribution in [3.63, 3.8) is 0 Å². The monoisotopic (exact) mass is 395 g/mol. The highest BCUT2D eigenvalue weighted by molar-refractivity contribution is 5.83. The maximum atomic E-state index is 12.5. The Morgan fingerprint density at radius 3 is 2.52 bits per heavy atom. The first-order chi connectivity index (χ1) is 14.0. The van der Waals surface area contributed by atoms with Gasteiger partial charge in [0.2, 0.25) is 5.91 Å². The van der Waals surface area contributed by atoms with Crippen LogP contribution in [-0.4, -0.2) is 36.5 Å². The molecule has 7 nitrogen and oxygen atoms in total. The number of fused-ring (bicyclic) bond motifs is 1. The molecular formula is C22H25N3O4. The zero-order valence-electron chi connectivity index (χ0n) is 16.9. The number of carbonyl (C=O) groups is 1. The molecule has 152 valence electrons. The van der Waals surface area contributed by atoms with Gasteiger partial charge in [-0.3, -0.25) is 9.59 Å². The molecule has 0 unspecified atom stereocenters. The van der Waals surface area contributed by atoms with Crippen LogP contribution in [0.4, 0.5) is 0 Å². The third-order valence-electron chi connectivity index (χ3n) is 4.76. The number of aromatic nitrogens is 2. The van der Waals surface area contributed by atoms with Crippen molar-refractivity contribution in [1.82, 2.24) is 15.1 Å². The van der Waals surface area contributed by atoms with Crippen LogP contribution in [0.5, 0.6) is 11.5 Å². The van der Waals surface area contributed by atoms with Gasteiger partial charge in [0.15, 0.2) is 11.5 Å². The molecule has 0 atom stereocenters. The maximum Gasteiger partial charge on any atom is 0.275 e. The Balaban J connectivity index is 1.55. The normalized spacial score (nSPS) is 10.7. The second-order valence-corrected chi connectivity index (χ2v) is 6.74. The molecule has 0 radical (unpaired) electrons. The van der Waals surface area contributed by atoms with Gasteiger partial charge in [-0.15, -0.1) is 0 Å². The van der Waals surface area contributed by atoms with Gasteiger partial charge in [-0.1, -0.05) is 24.3 Å². The van der Waals surface area contributed by atoms with E-state index in [-0.39, 0.29) is 18.0 Å². The Hall–Kier alpha value is -3.35.